The standard InChI is InChI=1S/C17H12FN5O/c18-14-11(15-12(9-19)16(20)23-17(21)22-15)7-4-8-13(14)24-10-5-2-1-3-6-10/h1-8H,(H4,20,21,22,23). The summed E-state index contributed by atoms with van der Waals surface area (Å²) in [5.74, 6) is -0.437. The number of para-hydroxylation sites is 1. The van der Waals surface area contributed by atoms with Gasteiger partial charge in [0.05, 0.1) is 5.69 Å². The van der Waals surface area contributed by atoms with Crippen molar-refractivity contribution in [3.05, 3.63) is 59.9 Å². The summed E-state index contributed by atoms with van der Waals surface area (Å²) in [4.78, 5) is 7.67. The van der Waals surface area contributed by atoms with Gasteiger partial charge in [0, 0.05) is 5.56 Å². The molecule has 0 unspecified atom stereocenters. The van der Waals surface area contributed by atoms with E-state index in [1.165, 1.54) is 12.1 Å². The van der Waals surface area contributed by atoms with Gasteiger partial charge >= 0.3 is 0 Å². The van der Waals surface area contributed by atoms with E-state index >= 15 is 0 Å². The Labute approximate surface area is 137 Å². The highest BCUT2D eigenvalue weighted by Crippen LogP contribution is 2.33. The molecule has 0 aliphatic heterocycles. The maximum Gasteiger partial charge on any atom is 0.222 e. The fourth-order valence-corrected chi connectivity index (χ4v) is 2.19. The van der Waals surface area contributed by atoms with Gasteiger partial charge in [0.2, 0.25) is 5.95 Å². The smallest absolute Gasteiger partial charge is 0.222 e. The molecule has 24 heavy (non-hydrogen) atoms. The molecule has 3 rings (SSSR count). The Bertz CT molecular complexity index is 938. The molecular weight excluding hydrogens is 309 g/mol. The molecule has 1 aromatic heterocycles. The van der Waals surface area contributed by atoms with Crippen molar-refractivity contribution in [2.45, 2.75) is 0 Å². The number of nitriles is 1. The molecule has 1 heterocycles. The number of ether oxygens (including phenoxy) is 1. The number of nitrogens with two attached hydrogens (primary N) is 2. The zero-order valence-electron chi connectivity index (χ0n) is 12.4. The van der Waals surface area contributed by atoms with E-state index in [0.29, 0.717) is 5.75 Å². The highest BCUT2D eigenvalue weighted by Gasteiger charge is 2.19. The monoisotopic (exact) mass is 321 g/mol. The highest BCUT2D eigenvalue weighted by atomic mass is 19.1. The van der Waals surface area contributed by atoms with Crippen LogP contribution in [0.2, 0.25) is 0 Å². The summed E-state index contributed by atoms with van der Waals surface area (Å²) in [5, 5.41) is 9.24. The lowest BCUT2D eigenvalue weighted by Gasteiger charge is -2.11. The van der Waals surface area contributed by atoms with Crippen molar-refractivity contribution in [2.24, 2.45) is 0 Å². The molecule has 0 saturated heterocycles. The highest BCUT2D eigenvalue weighted by molar-refractivity contribution is 5.74. The number of nitrogens with zero attached hydrogens (tertiary/aromatic N) is 3. The molecule has 4 N–H and O–H groups in total. The van der Waals surface area contributed by atoms with Crippen LogP contribution in [0, 0.1) is 17.1 Å². The second-order valence-corrected chi connectivity index (χ2v) is 4.84. The summed E-state index contributed by atoms with van der Waals surface area (Å²) in [6, 6.07) is 15.2. The van der Waals surface area contributed by atoms with E-state index in [2.05, 4.69) is 9.97 Å². The summed E-state index contributed by atoms with van der Waals surface area (Å²) < 4.78 is 20.4. The summed E-state index contributed by atoms with van der Waals surface area (Å²) >= 11 is 0. The van der Waals surface area contributed by atoms with Crippen LogP contribution in [0.3, 0.4) is 0 Å². The molecule has 0 aliphatic carbocycles. The fraction of sp³-hybridized carbons (Fsp3) is 0. The number of anilines is 2. The van der Waals surface area contributed by atoms with Gasteiger partial charge in [-0.05, 0) is 24.3 Å². The van der Waals surface area contributed by atoms with Crippen LogP contribution in [-0.2, 0) is 0 Å². The van der Waals surface area contributed by atoms with Crippen LogP contribution in [0.4, 0.5) is 16.2 Å². The van der Waals surface area contributed by atoms with Crippen molar-refractivity contribution in [1.29, 1.82) is 5.26 Å². The van der Waals surface area contributed by atoms with Gasteiger partial charge in [-0.15, -0.1) is 0 Å². The van der Waals surface area contributed by atoms with Crippen LogP contribution in [-0.4, -0.2) is 9.97 Å². The molecule has 7 heteroatoms. The average molecular weight is 321 g/mol. The molecule has 0 radical (unpaired) electrons. The minimum Gasteiger partial charge on any atom is -0.454 e. The predicted molar refractivity (Wildman–Crippen MR) is 87.5 cm³/mol. The molecule has 0 atom stereocenters. The van der Waals surface area contributed by atoms with Crippen LogP contribution in [0.25, 0.3) is 11.3 Å². The van der Waals surface area contributed by atoms with Crippen LogP contribution in [0.1, 0.15) is 5.56 Å². The van der Waals surface area contributed by atoms with Crippen molar-refractivity contribution in [3.63, 3.8) is 0 Å². The Hall–Kier alpha value is -3.66. The lowest BCUT2D eigenvalue weighted by Crippen LogP contribution is -2.06. The molecular formula is C17H12FN5O. The number of hydrogen-bond donors (Lipinski definition) is 2. The number of hydrogen-bond acceptors (Lipinski definition) is 6. The molecule has 6 nitrogen and oxygen atoms in total. The van der Waals surface area contributed by atoms with Gasteiger partial charge in [-0.1, -0.05) is 24.3 Å². The van der Waals surface area contributed by atoms with E-state index in [1.54, 1.807) is 30.3 Å². The number of halogens is 1. The van der Waals surface area contributed by atoms with Crippen molar-refractivity contribution in [3.8, 4) is 28.8 Å². The molecule has 0 fully saturated rings. The lowest BCUT2D eigenvalue weighted by atomic mass is 10.1. The van der Waals surface area contributed by atoms with Gasteiger partial charge in [-0.2, -0.15) is 10.2 Å². The minimum atomic E-state index is -0.671. The Balaban J connectivity index is 2.11. The van der Waals surface area contributed by atoms with Crippen LogP contribution in [0.5, 0.6) is 11.5 Å². The first-order valence-corrected chi connectivity index (χ1v) is 6.95. The van der Waals surface area contributed by atoms with Crippen LogP contribution < -0.4 is 16.2 Å². The van der Waals surface area contributed by atoms with Gasteiger partial charge in [0.1, 0.15) is 23.2 Å². The Kier molecular flexibility index (Phi) is 3.95. The Morgan fingerprint density at radius 1 is 1.00 bits per heavy atom. The lowest BCUT2D eigenvalue weighted by molar-refractivity contribution is 0.443. The molecule has 2 aromatic carbocycles. The first-order chi connectivity index (χ1) is 11.6. The third-order valence-corrected chi connectivity index (χ3v) is 3.26. The summed E-state index contributed by atoms with van der Waals surface area (Å²) in [6.07, 6.45) is 0. The first-order valence-electron chi connectivity index (χ1n) is 6.95. The zero-order chi connectivity index (χ0) is 17.1. The summed E-state index contributed by atoms with van der Waals surface area (Å²) in [7, 11) is 0. The number of rotatable bonds is 3. The third kappa shape index (κ3) is 2.80. The van der Waals surface area contributed by atoms with Crippen molar-refractivity contribution < 1.29 is 9.13 Å². The second kappa shape index (κ2) is 6.22. The molecule has 0 amide bonds. The van der Waals surface area contributed by atoms with E-state index in [0.717, 1.165) is 0 Å². The maximum absolute atomic E-state index is 14.8. The predicted octanol–water partition coefficient (Wildman–Crippen LogP) is 3.11. The fourth-order valence-electron chi connectivity index (χ4n) is 2.19. The number of aromatic nitrogens is 2. The zero-order valence-corrected chi connectivity index (χ0v) is 12.4. The van der Waals surface area contributed by atoms with E-state index in [-0.39, 0.29) is 34.3 Å². The van der Waals surface area contributed by atoms with Gasteiger partial charge in [-0.25, -0.2) is 9.37 Å². The summed E-state index contributed by atoms with van der Waals surface area (Å²) in [5.41, 5.74) is 11.3. The van der Waals surface area contributed by atoms with Gasteiger partial charge in [0.25, 0.3) is 0 Å². The molecule has 0 bridgehead atoms. The van der Waals surface area contributed by atoms with Crippen LogP contribution >= 0.6 is 0 Å². The first kappa shape index (κ1) is 15.2. The minimum absolute atomic E-state index is 0.00153. The largest absolute Gasteiger partial charge is 0.454 e. The molecule has 0 aliphatic rings. The molecule has 0 saturated carbocycles. The van der Waals surface area contributed by atoms with Gasteiger partial charge < -0.3 is 16.2 Å². The quantitative estimate of drug-likeness (QED) is 0.766. The van der Waals surface area contributed by atoms with E-state index in [1.807, 2.05) is 12.1 Å². The van der Waals surface area contributed by atoms with Crippen molar-refractivity contribution in [1.82, 2.24) is 9.97 Å². The van der Waals surface area contributed by atoms with Crippen molar-refractivity contribution in [2.75, 3.05) is 11.5 Å². The topological polar surface area (TPSA) is 111 Å². The van der Waals surface area contributed by atoms with Gasteiger partial charge in [0.15, 0.2) is 11.6 Å². The van der Waals surface area contributed by atoms with Crippen molar-refractivity contribution >= 4 is 11.8 Å². The molecule has 118 valence electrons. The molecule has 3 aromatic rings. The van der Waals surface area contributed by atoms with E-state index in [9.17, 15) is 9.65 Å². The number of benzene rings is 2. The Morgan fingerprint density at radius 2 is 1.75 bits per heavy atom. The SMILES string of the molecule is N#Cc1c(N)nc(N)nc1-c1cccc(Oc2ccccc2)c1F. The Morgan fingerprint density at radius 3 is 2.46 bits per heavy atom. The van der Waals surface area contributed by atoms with E-state index < -0.39 is 5.82 Å². The van der Waals surface area contributed by atoms with Gasteiger partial charge in [-0.3, -0.25) is 0 Å². The number of nitrogen functional groups attached to an aromatic ring is 2. The van der Waals surface area contributed by atoms with Crippen LogP contribution in [0.15, 0.2) is 48.5 Å². The third-order valence-electron chi connectivity index (χ3n) is 3.26. The van der Waals surface area contributed by atoms with E-state index in [4.69, 9.17) is 16.2 Å². The second-order valence-electron chi connectivity index (χ2n) is 4.84. The molecule has 0 spiro atoms. The average Bonchev–Trinajstić information content (AvgIpc) is 2.57. The maximum atomic E-state index is 14.8. The summed E-state index contributed by atoms with van der Waals surface area (Å²) in [6.45, 7) is 0. The normalized spacial score (nSPS) is 10.2.